The Bertz CT molecular complexity index is 911. The van der Waals surface area contributed by atoms with Crippen molar-refractivity contribution in [3.8, 4) is 16.9 Å². The fourth-order valence-corrected chi connectivity index (χ4v) is 2.92. The van der Waals surface area contributed by atoms with Crippen LogP contribution in [0.25, 0.3) is 11.1 Å². The maximum absolute atomic E-state index is 12.2. The van der Waals surface area contributed by atoms with Crippen molar-refractivity contribution >= 4 is 11.6 Å². The van der Waals surface area contributed by atoms with Crippen LogP contribution >= 0.6 is 0 Å². The minimum atomic E-state index is -4.76. The summed E-state index contributed by atoms with van der Waals surface area (Å²) in [6, 6.07) is 6.78. The van der Waals surface area contributed by atoms with Crippen LogP contribution < -0.4 is 15.2 Å². The molecule has 1 amide bonds. The van der Waals surface area contributed by atoms with E-state index in [1.54, 1.807) is 44.4 Å². The maximum Gasteiger partial charge on any atom is 0.522 e. The molecular weight excluding hydrogens is 365 g/mol. The quantitative estimate of drug-likeness (QED) is 0.816. The topological polar surface area (TPSA) is 60.8 Å². The van der Waals surface area contributed by atoms with E-state index >= 15 is 0 Å². The van der Waals surface area contributed by atoms with Crippen LogP contribution in [-0.4, -0.2) is 36.6 Å². The van der Waals surface area contributed by atoms with Crippen LogP contribution in [0.5, 0.6) is 5.75 Å². The highest BCUT2D eigenvalue weighted by atomic mass is 19.4. The lowest BCUT2D eigenvalue weighted by atomic mass is 10.0. The summed E-state index contributed by atoms with van der Waals surface area (Å²) in [5.41, 5.74) is 2.23. The van der Waals surface area contributed by atoms with Crippen molar-refractivity contribution in [3.63, 3.8) is 0 Å². The van der Waals surface area contributed by atoms with E-state index in [1.807, 2.05) is 0 Å². The standard InChI is InChI=1S/C18H17F3N2O4/c1-11-7-13(9-22(2)17(11)25)12-3-4-15-14(8-12)23(16(24)10-26-15)5-6-27-18(19,20)21/h3-4,7-9H,5-6,10H2,1-2H3. The third-order valence-corrected chi connectivity index (χ3v) is 4.18. The predicted octanol–water partition coefficient (Wildman–Crippen LogP) is 2.62. The SMILES string of the molecule is Cc1cc(-c2ccc3c(c2)N(CCOC(F)(F)F)C(=O)CO3)cn(C)c1=O. The normalized spacial score (nSPS) is 14.1. The zero-order valence-electron chi connectivity index (χ0n) is 14.7. The van der Waals surface area contributed by atoms with Gasteiger partial charge in [0.25, 0.3) is 11.5 Å². The number of aromatic nitrogens is 1. The van der Waals surface area contributed by atoms with Crippen LogP contribution in [0.15, 0.2) is 35.3 Å². The van der Waals surface area contributed by atoms with Gasteiger partial charge in [-0.1, -0.05) is 6.07 Å². The Morgan fingerprint density at radius 2 is 1.93 bits per heavy atom. The zero-order valence-corrected chi connectivity index (χ0v) is 14.7. The summed E-state index contributed by atoms with van der Waals surface area (Å²) < 4.78 is 47.2. The van der Waals surface area contributed by atoms with E-state index in [1.165, 1.54) is 9.47 Å². The summed E-state index contributed by atoms with van der Waals surface area (Å²) >= 11 is 0. The van der Waals surface area contributed by atoms with Crippen LogP contribution in [0.4, 0.5) is 18.9 Å². The van der Waals surface area contributed by atoms with Crippen LogP contribution in [0, 0.1) is 6.92 Å². The maximum atomic E-state index is 12.2. The van der Waals surface area contributed by atoms with Gasteiger partial charge in [-0.2, -0.15) is 0 Å². The number of nitrogens with zero attached hydrogens (tertiary/aromatic N) is 2. The predicted molar refractivity (Wildman–Crippen MR) is 91.7 cm³/mol. The number of carbonyl (C=O) groups is 1. The van der Waals surface area contributed by atoms with Crippen molar-refractivity contribution < 1.29 is 27.4 Å². The van der Waals surface area contributed by atoms with Crippen LogP contribution in [0.3, 0.4) is 0 Å². The Morgan fingerprint density at radius 1 is 1.19 bits per heavy atom. The summed E-state index contributed by atoms with van der Waals surface area (Å²) in [4.78, 5) is 25.2. The molecule has 1 aliphatic heterocycles. The lowest BCUT2D eigenvalue weighted by molar-refractivity contribution is -0.323. The lowest BCUT2D eigenvalue weighted by Gasteiger charge is -2.30. The van der Waals surface area contributed by atoms with Crippen LogP contribution in [0.1, 0.15) is 5.56 Å². The van der Waals surface area contributed by atoms with Crippen LogP contribution in [0.2, 0.25) is 0 Å². The number of halogens is 3. The molecule has 0 atom stereocenters. The second-order valence-electron chi connectivity index (χ2n) is 6.14. The largest absolute Gasteiger partial charge is 0.522 e. The number of carbonyl (C=O) groups excluding carboxylic acids is 1. The number of ether oxygens (including phenoxy) is 2. The summed E-state index contributed by atoms with van der Waals surface area (Å²) in [6.07, 6.45) is -3.11. The Kier molecular flexibility index (Phi) is 4.97. The molecule has 0 fully saturated rings. The molecule has 0 saturated heterocycles. The van der Waals surface area contributed by atoms with Gasteiger partial charge in [-0.25, -0.2) is 0 Å². The van der Waals surface area contributed by atoms with E-state index < -0.39 is 18.9 Å². The van der Waals surface area contributed by atoms with Gasteiger partial charge in [0.05, 0.1) is 12.3 Å². The number of benzene rings is 1. The molecule has 0 saturated carbocycles. The summed E-state index contributed by atoms with van der Waals surface area (Å²) in [5.74, 6) is -0.0611. The number of anilines is 1. The van der Waals surface area contributed by atoms with Crippen molar-refractivity contribution in [2.45, 2.75) is 13.3 Å². The molecule has 144 valence electrons. The van der Waals surface area contributed by atoms with Crippen molar-refractivity contribution in [1.82, 2.24) is 4.57 Å². The van der Waals surface area contributed by atoms with E-state index in [2.05, 4.69) is 4.74 Å². The molecule has 9 heteroatoms. The average Bonchev–Trinajstić information content (AvgIpc) is 2.59. The molecule has 0 unspecified atom stereocenters. The molecule has 2 heterocycles. The molecule has 0 radical (unpaired) electrons. The number of alkyl halides is 3. The molecule has 3 rings (SSSR count). The number of fused-ring (bicyclic) bond motifs is 1. The lowest BCUT2D eigenvalue weighted by Crippen LogP contribution is -2.41. The van der Waals surface area contributed by atoms with E-state index in [9.17, 15) is 22.8 Å². The van der Waals surface area contributed by atoms with Crippen molar-refractivity contribution in [1.29, 1.82) is 0 Å². The van der Waals surface area contributed by atoms with E-state index in [-0.39, 0.29) is 18.7 Å². The summed E-state index contributed by atoms with van der Waals surface area (Å²) in [5, 5.41) is 0. The molecule has 1 aromatic carbocycles. The highest BCUT2D eigenvalue weighted by Crippen LogP contribution is 2.36. The zero-order chi connectivity index (χ0) is 19.8. The Balaban J connectivity index is 1.94. The Hall–Kier alpha value is -2.81. The number of hydrogen-bond acceptors (Lipinski definition) is 4. The Morgan fingerprint density at radius 3 is 2.59 bits per heavy atom. The Labute approximate surface area is 152 Å². The van der Waals surface area contributed by atoms with Gasteiger partial charge < -0.3 is 14.2 Å². The van der Waals surface area contributed by atoms with Gasteiger partial charge >= 0.3 is 6.36 Å². The average molecular weight is 382 g/mol. The van der Waals surface area contributed by atoms with Gasteiger partial charge in [0.1, 0.15) is 5.75 Å². The smallest absolute Gasteiger partial charge is 0.482 e. The van der Waals surface area contributed by atoms with Crippen molar-refractivity contribution in [2.24, 2.45) is 7.05 Å². The third-order valence-electron chi connectivity index (χ3n) is 4.18. The van der Waals surface area contributed by atoms with Crippen molar-refractivity contribution in [2.75, 3.05) is 24.7 Å². The third kappa shape index (κ3) is 4.13. The fourth-order valence-electron chi connectivity index (χ4n) is 2.92. The highest BCUT2D eigenvalue weighted by Gasteiger charge is 2.31. The van der Waals surface area contributed by atoms with Crippen LogP contribution in [-0.2, 0) is 16.6 Å². The first-order valence-electron chi connectivity index (χ1n) is 8.11. The van der Waals surface area contributed by atoms with E-state index in [0.717, 1.165) is 5.56 Å². The monoisotopic (exact) mass is 382 g/mol. The van der Waals surface area contributed by atoms with Gasteiger partial charge in [0.2, 0.25) is 0 Å². The second kappa shape index (κ2) is 7.07. The second-order valence-corrected chi connectivity index (χ2v) is 6.14. The van der Waals surface area contributed by atoms with Gasteiger partial charge in [0.15, 0.2) is 6.61 Å². The molecular formula is C18H17F3N2O4. The van der Waals surface area contributed by atoms with Gasteiger partial charge in [-0.15, -0.1) is 13.2 Å². The molecule has 6 nitrogen and oxygen atoms in total. The van der Waals surface area contributed by atoms with E-state index in [0.29, 0.717) is 22.6 Å². The first kappa shape index (κ1) is 19.0. The minimum absolute atomic E-state index is 0.124. The number of hydrogen-bond donors (Lipinski definition) is 0. The molecule has 27 heavy (non-hydrogen) atoms. The first-order valence-corrected chi connectivity index (χ1v) is 8.11. The van der Waals surface area contributed by atoms with Gasteiger partial charge in [-0.05, 0) is 36.2 Å². The molecule has 1 aliphatic rings. The molecule has 0 aliphatic carbocycles. The molecule has 0 bridgehead atoms. The molecule has 2 aromatic rings. The molecule has 0 N–H and O–H groups in total. The van der Waals surface area contributed by atoms with Crippen molar-refractivity contribution in [3.05, 3.63) is 46.4 Å². The molecule has 1 aromatic heterocycles. The minimum Gasteiger partial charge on any atom is -0.482 e. The molecule has 0 spiro atoms. The number of pyridine rings is 1. The number of amides is 1. The highest BCUT2D eigenvalue weighted by molar-refractivity contribution is 5.98. The summed E-state index contributed by atoms with van der Waals surface area (Å²) in [6.45, 7) is 0.497. The number of aryl methyl sites for hydroxylation is 2. The summed E-state index contributed by atoms with van der Waals surface area (Å²) in [7, 11) is 1.63. The number of rotatable bonds is 4. The fraction of sp³-hybridized carbons (Fsp3) is 0.333. The first-order chi connectivity index (χ1) is 12.7. The van der Waals surface area contributed by atoms with Gasteiger partial charge in [-0.3, -0.25) is 14.3 Å². The van der Waals surface area contributed by atoms with E-state index in [4.69, 9.17) is 4.74 Å². The van der Waals surface area contributed by atoms with Gasteiger partial charge in [0, 0.05) is 25.4 Å².